The van der Waals surface area contributed by atoms with Crippen LogP contribution in [0.2, 0.25) is 0 Å². The van der Waals surface area contributed by atoms with Crippen LogP contribution in [-0.2, 0) is 0 Å². The van der Waals surface area contributed by atoms with Crippen LogP contribution < -0.4 is 4.74 Å². The van der Waals surface area contributed by atoms with Crippen LogP contribution in [0, 0.1) is 16.0 Å². The summed E-state index contributed by atoms with van der Waals surface area (Å²) in [6, 6.07) is 2.88. The summed E-state index contributed by atoms with van der Waals surface area (Å²) in [5.41, 5.74) is -1.08. The summed E-state index contributed by atoms with van der Waals surface area (Å²) in [7, 11) is 0. The molecule has 0 aromatic heterocycles. The van der Waals surface area contributed by atoms with Crippen LogP contribution in [0.5, 0.6) is 5.75 Å². The highest BCUT2D eigenvalue weighted by Gasteiger charge is 2.29. The molecule has 1 aromatic carbocycles. The van der Waals surface area contributed by atoms with Gasteiger partial charge >= 0.3 is 5.69 Å². The van der Waals surface area contributed by atoms with Crippen molar-refractivity contribution in [3.05, 3.63) is 32.3 Å². The highest BCUT2D eigenvalue weighted by molar-refractivity contribution is 9.10. The van der Waals surface area contributed by atoms with Crippen LogP contribution in [0.3, 0.4) is 0 Å². The number of nitro benzene ring substituents is 1. The second kappa shape index (κ2) is 6.72. The second-order valence-electron chi connectivity index (χ2n) is 5.58. The Hall–Kier alpha value is -1.18. The Labute approximate surface area is 132 Å². The molecule has 2 N–H and O–H groups in total. The average Bonchev–Trinajstić information content (AvgIpc) is 2.35. The molecule has 2 atom stereocenters. The van der Waals surface area contributed by atoms with Gasteiger partial charge in [0.15, 0.2) is 0 Å². The third kappa shape index (κ3) is 4.39. The Morgan fingerprint density at radius 1 is 1.43 bits per heavy atom. The van der Waals surface area contributed by atoms with Gasteiger partial charge in [-0.25, -0.2) is 0 Å². The van der Waals surface area contributed by atoms with Gasteiger partial charge in [-0.2, -0.15) is 0 Å². The average molecular weight is 362 g/mol. The van der Waals surface area contributed by atoms with Crippen molar-refractivity contribution in [2.24, 2.45) is 5.92 Å². The van der Waals surface area contributed by atoms with Gasteiger partial charge in [0.2, 0.25) is 5.75 Å². The molecule has 2 unspecified atom stereocenters. The SMILES string of the molecule is CC(O)c1cc(Br)cc([N+](=O)[O-])c1OCC(C)(O)C(C)C. The summed E-state index contributed by atoms with van der Waals surface area (Å²) in [4.78, 5) is 10.6. The van der Waals surface area contributed by atoms with Crippen molar-refractivity contribution in [1.82, 2.24) is 0 Å². The lowest BCUT2D eigenvalue weighted by atomic mass is 9.93. The Balaban J connectivity index is 3.23. The number of hydrogen-bond acceptors (Lipinski definition) is 5. The monoisotopic (exact) mass is 361 g/mol. The van der Waals surface area contributed by atoms with E-state index in [-0.39, 0.29) is 24.0 Å². The van der Waals surface area contributed by atoms with Gasteiger partial charge < -0.3 is 14.9 Å². The van der Waals surface area contributed by atoms with Crippen molar-refractivity contribution < 1.29 is 19.9 Å². The number of hydrogen-bond donors (Lipinski definition) is 2. The third-order valence-electron chi connectivity index (χ3n) is 3.46. The first-order chi connectivity index (χ1) is 9.56. The van der Waals surface area contributed by atoms with Crippen molar-refractivity contribution in [3.8, 4) is 5.75 Å². The molecule has 21 heavy (non-hydrogen) atoms. The van der Waals surface area contributed by atoms with Gasteiger partial charge in [-0.1, -0.05) is 29.8 Å². The van der Waals surface area contributed by atoms with Crippen LogP contribution in [0.15, 0.2) is 16.6 Å². The largest absolute Gasteiger partial charge is 0.483 e. The first kappa shape index (κ1) is 17.9. The zero-order valence-electron chi connectivity index (χ0n) is 12.5. The molecule has 0 aliphatic heterocycles. The summed E-state index contributed by atoms with van der Waals surface area (Å²) < 4.78 is 5.98. The Morgan fingerprint density at radius 3 is 2.43 bits per heavy atom. The van der Waals surface area contributed by atoms with E-state index in [4.69, 9.17) is 4.74 Å². The normalized spacial score (nSPS) is 15.6. The van der Waals surface area contributed by atoms with Gasteiger partial charge in [-0.15, -0.1) is 0 Å². The van der Waals surface area contributed by atoms with Gasteiger partial charge in [0.05, 0.1) is 16.6 Å². The lowest BCUT2D eigenvalue weighted by Gasteiger charge is -2.28. The van der Waals surface area contributed by atoms with Crippen LogP contribution in [0.1, 0.15) is 39.4 Å². The lowest BCUT2D eigenvalue weighted by molar-refractivity contribution is -0.386. The minimum Gasteiger partial charge on any atom is -0.483 e. The van der Waals surface area contributed by atoms with E-state index in [1.54, 1.807) is 13.0 Å². The molecule has 0 spiro atoms. The lowest BCUT2D eigenvalue weighted by Crippen LogP contribution is -2.38. The summed E-state index contributed by atoms with van der Waals surface area (Å²) in [6.07, 6.45) is -0.930. The van der Waals surface area contributed by atoms with Crippen molar-refractivity contribution in [2.75, 3.05) is 6.61 Å². The maximum atomic E-state index is 11.2. The standard InChI is InChI=1S/C14H20BrNO5/c1-8(2)14(4,18)7-21-13-11(9(3)17)5-10(15)6-12(13)16(19)20/h5-6,8-9,17-18H,7H2,1-4H3. The maximum Gasteiger partial charge on any atom is 0.312 e. The van der Waals surface area contributed by atoms with Crippen molar-refractivity contribution in [1.29, 1.82) is 0 Å². The first-order valence-corrected chi connectivity index (χ1v) is 7.36. The predicted octanol–water partition coefficient (Wildman–Crippen LogP) is 3.20. The number of halogens is 1. The molecule has 0 heterocycles. The van der Waals surface area contributed by atoms with Gasteiger partial charge in [-0.05, 0) is 25.8 Å². The number of benzene rings is 1. The third-order valence-corrected chi connectivity index (χ3v) is 3.92. The van der Waals surface area contributed by atoms with E-state index in [1.165, 1.54) is 13.0 Å². The van der Waals surface area contributed by atoms with Crippen LogP contribution in [0.4, 0.5) is 5.69 Å². The topological polar surface area (TPSA) is 92.8 Å². The van der Waals surface area contributed by atoms with Crippen LogP contribution in [0.25, 0.3) is 0 Å². The maximum absolute atomic E-state index is 11.2. The molecule has 0 bridgehead atoms. The van der Waals surface area contributed by atoms with E-state index >= 15 is 0 Å². The molecule has 118 valence electrons. The number of nitro groups is 1. The predicted molar refractivity (Wildman–Crippen MR) is 82.4 cm³/mol. The van der Waals surface area contributed by atoms with Gasteiger partial charge in [-0.3, -0.25) is 10.1 Å². The van der Waals surface area contributed by atoms with Crippen LogP contribution in [-0.4, -0.2) is 27.3 Å². The van der Waals surface area contributed by atoms with E-state index in [1.807, 2.05) is 13.8 Å². The number of ether oxygens (including phenoxy) is 1. The van der Waals surface area contributed by atoms with E-state index in [0.29, 0.717) is 10.0 Å². The van der Waals surface area contributed by atoms with E-state index in [2.05, 4.69) is 15.9 Å². The van der Waals surface area contributed by atoms with E-state index in [0.717, 1.165) is 0 Å². The fourth-order valence-electron chi connectivity index (χ4n) is 1.59. The van der Waals surface area contributed by atoms with E-state index in [9.17, 15) is 20.3 Å². The Kier molecular flexibility index (Phi) is 5.72. The molecule has 1 rings (SSSR count). The number of nitrogens with zero attached hydrogens (tertiary/aromatic N) is 1. The van der Waals surface area contributed by atoms with Crippen molar-refractivity contribution in [2.45, 2.75) is 39.4 Å². The molecular weight excluding hydrogens is 342 g/mol. The Bertz CT molecular complexity index is 528. The first-order valence-electron chi connectivity index (χ1n) is 6.57. The number of aliphatic hydroxyl groups is 2. The molecule has 0 fully saturated rings. The minimum atomic E-state index is -1.13. The van der Waals surface area contributed by atoms with Crippen molar-refractivity contribution >= 4 is 21.6 Å². The Morgan fingerprint density at radius 2 is 2.00 bits per heavy atom. The molecule has 0 saturated carbocycles. The van der Waals surface area contributed by atoms with Crippen LogP contribution >= 0.6 is 15.9 Å². The molecule has 0 radical (unpaired) electrons. The highest BCUT2D eigenvalue weighted by Crippen LogP contribution is 2.38. The second-order valence-corrected chi connectivity index (χ2v) is 6.49. The fraction of sp³-hybridized carbons (Fsp3) is 0.571. The zero-order chi connectivity index (χ0) is 16.4. The molecule has 0 aliphatic carbocycles. The van der Waals surface area contributed by atoms with Gasteiger partial charge in [0.25, 0.3) is 0 Å². The summed E-state index contributed by atoms with van der Waals surface area (Å²) in [6.45, 7) is 6.65. The number of aliphatic hydroxyl groups excluding tert-OH is 1. The smallest absolute Gasteiger partial charge is 0.312 e. The van der Waals surface area contributed by atoms with E-state index < -0.39 is 16.6 Å². The molecule has 7 heteroatoms. The fourth-order valence-corrected chi connectivity index (χ4v) is 2.05. The summed E-state index contributed by atoms with van der Waals surface area (Å²) >= 11 is 3.18. The zero-order valence-corrected chi connectivity index (χ0v) is 14.0. The minimum absolute atomic E-state index is 0.0147. The summed E-state index contributed by atoms with van der Waals surface area (Å²) in [5.74, 6) is -0.0962. The van der Waals surface area contributed by atoms with Gasteiger partial charge in [0, 0.05) is 16.1 Å². The van der Waals surface area contributed by atoms with Crippen molar-refractivity contribution in [3.63, 3.8) is 0 Å². The molecule has 6 nitrogen and oxygen atoms in total. The molecule has 0 aliphatic rings. The highest BCUT2D eigenvalue weighted by atomic mass is 79.9. The quantitative estimate of drug-likeness (QED) is 0.599. The number of rotatable bonds is 6. The molecular formula is C14H20BrNO5. The van der Waals surface area contributed by atoms with Gasteiger partial charge in [0.1, 0.15) is 6.61 Å². The molecule has 0 saturated heterocycles. The molecule has 0 amide bonds. The molecule has 1 aromatic rings. The summed E-state index contributed by atoms with van der Waals surface area (Å²) in [5, 5.41) is 31.2.